The van der Waals surface area contributed by atoms with Crippen LogP contribution in [-0.4, -0.2) is 43.3 Å². The fourth-order valence-electron chi connectivity index (χ4n) is 2.09. The van der Waals surface area contributed by atoms with Crippen molar-refractivity contribution in [2.75, 3.05) is 26.2 Å². The summed E-state index contributed by atoms with van der Waals surface area (Å²) in [6.45, 7) is 8.59. The zero-order valence-electron chi connectivity index (χ0n) is 10.2. The van der Waals surface area contributed by atoms with Crippen molar-refractivity contribution in [1.82, 2.24) is 4.90 Å². The van der Waals surface area contributed by atoms with Crippen molar-refractivity contribution in [2.45, 2.75) is 51.7 Å². The number of rotatable bonds is 6. The predicted molar refractivity (Wildman–Crippen MR) is 64.0 cm³/mol. The molecule has 0 saturated carbocycles. The van der Waals surface area contributed by atoms with Crippen LogP contribution in [-0.2, 0) is 4.74 Å². The summed E-state index contributed by atoms with van der Waals surface area (Å²) in [5.41, 5.74) is 6.01. The molecule has 3 nitrogen and oxygen atoms in total. The van der Waals surface area contributed by atoms with E-state index < -0.39 is 0 Å². The van der Waals surface area contributed by atoms with Gasteiger partial charge in [0.15, 0.2) is 0 Å². The molecule has 1 fully saturated rings. The maximum atomic E-state index is 6.01. The lowest BCUT2D eigenvalue weighted by Gasteiger charge is -2.33. The SMILES string of the molecule is CCCC(N)CCN1CCOC(CC)C1. The largest absolute Gasteiger partial charge is 0.376 e. The molecule has 15 heavy (non-hydrogen) atoms. The molecule has 0 aromatic carbocycles. The van der Waals surface area contributed by atoms with Gasteiger partial charge in [-0.2, -0.15) is 0 Å². The number of hydrogen-bond donors (Lipinski definition) is 1. The van der Waals surface area contributed by atoms with Gasteiger partial charge in [0.05, 0.1) is 12.7 Å². The third kappa shape index (κ3) is 4.96. The van der Waals surface area contributed by atoms with Gasteiger partial charge in [-0.3, -0.25) is 4.90 Å². The van der Waals surface area contributed by atoms with E-state index in [1.165, 1.54) is 6.42 Å². The Labute approximate surface area is 94.0 Å². The van der Waals surface area contributed by atoms with Crippen molar-refractivity contribution in [2.24, 2.45) is 5.73 Å². The van der Waals surface area contributed by atoms with Crippen molar-refractivity contribution >= 4 is 0 Å². The molecule has 2 N–H and O–H groups in total. The molecular formula is C12H26N2O. The third-order valence-corrected chi connectivity index (χ3v) is 3.15. The molecule has 3 heteroatoms. The fraction of sp³-hybridized carbons (Fsp3) is 1.00. The molecule has 1 heterocycles. The van der Waals surface area contributed by atoms with Crippen LogP contribution in [0, 0.1) is 0 Å². The Hall–Kier alpha value is -0.120. The summed E-state index contributed by atoms with van der Waals surface area (Å²) in [5, 5.41) is 0. The second kappa shape index (κ2) is 7.20. The van der Waals surface area contributed by atoms with Crippen LogP contribution in [0.15, 0.2) is 0 Å². The zero-order valence-corrected chi connectivity index (χ0v) is 10.2. The Balaban J connectivity index is 2.14. The number of hydrogen-bond acceptors (Lipinski definition) is 3. The van der Waals surface area contributed by atoms with Gasteiger partial charge in [-0.05, 0) is 25.8 Å². The van der Waals surface area contributed by atoms with Crippen LogP contribution in [0.4, 0.5) is 0 Å². The van der Waals surface area contributed by atoms with E-state index in [1.807, 2.05) is 0 Å². The first-order valence-corrected chi connectivity index (χ1v) is 6.35. The molecule has 1 saturated heterocycles. The van der Waals surface area contributed by atoms with E-state index in [0.29, 0.717) is 12.1 Å². The monoisotopic (exact) mass is 214 g/mol. The highest BCUT2D eigenvalue weighted by molar-refractivity contribution is 4.72. The summed E-state index contributed by atoms with van der Waals surface area (Å²) in [7, 11) is 0. The molecule has 2 unspecified atom stereocenters. The molecule has 0 bridgehead atoms. The maximum Gasteiger partial charge on any atom is 0.0700 e. The summed E-state index contributed by atoms with van der Waals surface area (Å²) in [5.74, 6) is 0. The van der Waals surface area contributed by atoms with Crippen LogP contribution in [0.5, 0.6) is 0 Å². The van der Waals surface area contributed by atoms with Crippen molar-refractivity contribution in [3.8, 4) is 0 Å². The molecular weight excluding hydrogens is 188 g/mol. The van der Waals surface area contributed by atoms with Gasteiger partial charge in [-0.15, -0.1) is 0 Å². The summed E-state index contributed by atoms with van der Waals surface area (Å²) < 4.78 is 5.64. The molecule has 2 atom stereocenters. The first kappa shape index (κ1) is 12.9. The van der Waals surface area contributed by atoms with Crippen LogP contribution >= 0.6 is 0 Å². The molecule has 0 spiro atoms. The van der Waals surface area contributed by atoms with Crippen molar-refractivity contribution < 1.29 is 4.74 Å². The lowest BCUT2D eigenvalue weighted by molar-refractivity contribution is -0.0303. The highest BCUT2D eigenvalue weighted by Crippen LogP contribution is 2.09. The Morgan fingerprint density at radius 2 is 2.20 bits per heavy atom. The number of nitrogens with zero attached hydrogens (tertiary/aromatic N) is 1. The van der Waals surface area contributed by atoms with Crippen LogP contribution in [0.25, 0.3) is 0 Å². The average Bonchev–Trinajstić information content (AvgIpc) is 2.27. The highest BCUT2D eigenvalue weighted by atomic mass is 16.5. The second-order valence-electron chi connectivity index (χ2n) is 4.54. The Morgan fingerprint density at radius 3 is 2.87 bits per heavy atom. The molecule has 0 aromatic rings. The van der Waals surface area contributed by atoms with Gasteiger partial charge in [-0.25, -0.2) is 0 Å². The average molecular weight is 214 g/mol. The lowest BCUT2D eigenvalue weighted by atomic mass is 10.1. The summed E-state index contributed by atoms with van der Waals surface area (Å²) in [6, 6.07) is 0.387. The van der Waals surface area contributed by atoms with Gasteiger partial charge in [0.2, 0.25) is 0 Å². The minimum absolute atomic E-state index is 0.387. The predicted octanol–water partition coefficient (Wildman–Crippen LogP) is 1.61. The van der Waals surface area contributed by atoms with Crippen molar-refractivity contribution in [3.63, 3.8) is 0 Å². The van der Waals surface area contributed by atoms with Crippen LogP contribution < -0.4 is 5.73 Å². The second-order valence-corrected chi connectivity index (χ2v) is 4.54. The maximum absolute atomic E-state index is 6.01. The molecule has 0 aliphatic carbocycles. The first-order chi connectivity index (χ1) is 7.26. The Kier molecular flexibility index (Phi) is 6.22. The molecule has 1 aliphatic rings. The van der Waals surface area contributed by atoms with Crippen molar-refractivity contribution in [3.05, 3.63) is 0 Å². The summed E-state index contributed by atoms with van der Waals surface area (Å²) >= 11 is 0. The highest BCUT2D eigenvalue weighted by Gasteiger charge is 2.18. The van der Waals surface area contributed by atoms with Gasteiger partial charge in [-0.1, -0.05) is 20.3 Å². The number of ether oxygens (including phenoxy) is 1. The van der Waals surface area contributed by atoms with E-state index in [0.717, 1.165) is 45.5 Å². The van der Waals surface area contributed by atoms with Gasteiger partial charge in [0.1, 0.15) is 0 Å². The van der Waals surface area contributed by atoms with Crippen LogP contribution in [0.1, 0.15) is 39.5 Å². The van der Waals surface area contributed by atoms with E-state index in [9.17, 15) is 0 Å². The van der Waals surface area contributed by atoms with E-state index in [4.69, 9.17) is 10.5 Å². The topological polar surface area (TPSA) is 38.5 Å². The smallest absolute Gasteiger partial charge is 0.0700 e. The third-order valence-electron chi connectivity index (χ3n) is 3.15. The van der Waals surface area contributed by atoms with Crippen molar-refractivity contribution in [1.29, 1.82) is 0 Å². The zero-order chi connectivity index (χ0) is 11.1. The Bertz CT molecular complexity index is 164. The molecule has 90 valence electrons. The lowest BCUT2D eigenvalue weighted by Crippen LogP contribution is -2.43. The van der Waals surface area contributed by atoms with Crippen LogP contribution in [0.2, 0.25) is 0 Å². The van der Waals surface area contributed by atoms with Gasteiger partial charge >= 0.3 is 0 Å². The number of nitrogens with two attached hydrogens (primary N) is 1. The first-order valence-electron chi connectivity index (χ1n) is 6.35. The van der Waals surface area contributed by atoms with E-state index in [2.05, 4.69) is 18.7 Å². The van der Waals surface area contributed by atoms with E-state index in [-0.39, 0.29) is 0 Å². The standard InChI is InChI=1S/C12H26N2O/c1-3-5-11(13)6-7-14-8-9-15-12(4-2)10-14/h11-12H,3-10,13H2,1-2H3. The molecule has 1 rings (SSSR count). The minimum atomic E-state index is 0.387. The van der Waals surface area contributed by atoms with E-state index in [1.54, 1.807) is 0 Å². The fourth-order valence-corrected chi connectivity index (χ4v) is 2.09. The summed E-state index contributed by atoms with van der Waals surface area (Å²) in [6.07, 6.45) is 5.05. The Morgan fingerprint density at radius 1 is 1.40 bits per heavy atom. The number of morpholine rings is 1. The quantitative estimate of drug-likeness (QED) is 0.730. The van der Waals surface area contributed by atoms with Gasteiger partial charge < -0.3 is 10.5 Å². The van der Waals surface area contributed by atoms with Crippen LogP contribution in [0.3, 0.4) is 0 Å². The van der Waals surface area contributed by atoms with Gasteiger partial charge in [0, 0.05) is 19.1 Å². The van der Waals surface area contributed by atoms with E-state index >= 15 is 0 Å². The summed E-state index contributed by atoms with van der Waals surface area (Å²) in [4.78, 5) is 2.49. The minimum Gasteiger partial charge on any atom is -0.376 e. The molecule has 0 radical (unpaired) electrons. The molecule has 0 aromatic heterocycles. The molecule has 0 amide bonds. The molecule has 1 aliphatic heterocycles. The van der Waals surface area contributed by atoms with Gasteiger partial charge in [0.25, 0.3) is 0 Å². The normalized spacial score (nSPS) is 25.4.